The van der Waals surface area contributed by atoms with E-state index in [1.807, 2.05) is 4.68 Å². The highest BCUT2D eigenvalue weighted by atomic mass is 28.4. The van der Waals surface area contributed by atoms with E-state index in [1.165, 1.54) is 58.3 Å². The van der Waals surface area contributed by atoms with Gasteiger partial charge in [0, 0.05) is 22.8 Å². The second-order valence-electron chi connectivity index (χ2n) is 9.13. The molecule has 2 aromatic heterocycles. The van der Waals surface area contributed by atoms with Crippen LogP contribution in [0.25, 0.3) is 10.9 Å². The quantitative estimate of drug-likeness (QED) is 0.308. The van der Waals surface area contributed by atoms with Crippen molar-refractivity contribution in [3.63, 3.8) is 0 Å². The predicted molar refractivity (Wildman–Crippen MR) is 141 cm³/mol. The fourth-order valence-corrected chi connectivity index (χ4v) is 11.8. The third-order valence-corrected chi connectivity index (χ3v) is 18.3. The Hall–Kier alpha value is -1.71. The van der Waals surface area contributed by atoms with Crippen LogP contribution in [0.5, 0.6) is 0 Å². The standard InChI is InChI=1S/C25H42N4OSi2/c1-7-31(8-2,9-3)25-22(15-16-30-32(10-4,11-5)12-6)23-17-21(13-14-24(23)28-25)18-29-20-26-19-27-29/h13-14,17,19-20,28H,7-12,15-16,18H2,1-6H3. The smallest absolute Gasteiger partial charge is 0.191 e. The summed E-state index contributed by atoms with van der Waals surface area (Å²) in [5, 5.41) is 7.24. The van der Waals surface area contributed by atoms with Gasteiger partial charge in [-0.05, 0) is 47.8 Å². The van der Waals surface area contributed by atoms with E-state index in [0.29, 0.717) is 0 Å². The van der Waals surface area contributed by atoms with Gasteiger partial charge in [-0.25, -0.2) is 9.67 Å². The van der Waals surface area contributed by atoms with Crippen molar-refractivity contribution in [1.82, 2.24) is 19.7 Å². The number of hydrogen-bond donors (Lipinski definition) is 1. The molecule has 176 valence electrons. The third-order valence-electron chi connectivity index (χ3n) is 8.04. The van der Waals surface area contributed by atoms with Gasteiger partial charge >= 0.3 is 0 Å². The molecule has 0 spiro atoms. The van der Waals surface area contributed by atoms with Crippen molar-refractivity contribution in [3.05, 3.63) is 42.0 Å². The fraction of sp³-hybridized carbons (Fsp3) is 0.600. The summed E-state index contributed by atoms with van der Waals surface area (Å²) >= 11 is 0. The first kappa shape index (κ1) is 24.9. The van der Waals surface area contributed by atoms with Gasteiger partial charge < -0.3 is 9.41 Å². The highest BCUT2D eigenvalue weighted by molar-refractivity contribution is 6.91. The zero-order chi connectivity index (χ0) is 23.2. The highest BCUT2D eigenvalue weighted by Crippen LogP contribution is 2.28. The van der Waals surface area contributed by atoms with Crippen molar-refractivity contribution in [2.75, 3.05) is 6.61 Å². The first-order chi connectivity index (χ1) is 15.5. The Morgan fingerprint density at radius 2 is 1.62 bits per heavy atom. The zero-order valence-corrected chi connectivity index (χ0v) is 23.0. The summed E-state index contributed by atoms with van der Waals surface area (Å²) in [6.07, 6.45) is 4.39. The second-order valence-corrected chi connectivity index (χ2v) is 19.1. The van der Waals surface area contributed by atoms with Crippen LogP contribution in [0.15, 0.2) is 30.9 Å². The number of aromatic nitrogens is 4. The van der Waals surface area contributed by atoms with Gasteiger partial charge in [-0.15, -0.1) is 0 Å². The van der Waals surface area contributed by atoms with Crippen LogP contribution in [0, 0.1) is 0 Å². The van der Waals surface area contributed by atoms with Crippen LogP contribution in [0.2, 0.25) is 36.3 Å². The molecule has 0 aliphatic carbocycles. The van der Waals surface area contributed by atoms with Crippen molar-refractivity contribution in [1.29, 1.82) is 0 Å². The van der Waals surface area contributed by atoms with Crippen molar-refractivity contribution in [2.24, 2.45) is 0 Å². The minimum atomic E-state index is -1.58. The van der Waals surface area contributed by atoms with Crippen LogP contribution in [0.4, 0.5) is 0 Å². The molecule has 7 heteroatoms. The van der Waals surface area contributed by atoms with Gasteiger partial charge in [0.2, 0.25) is 0 Å². The lowest BCUT2D eigenvalue weighted by Crippen LogP contribution is -2.48. The summed E-state index contributed by atoms with van der Waals surface area (Å²) in [6.45, 7) is 15.7. The first-order valence-electron chi connectivity index (χ1n) is 12.6. The molecule has 0 fully saturated rings. The summed E-state index contributed by atoms with van der Waals surface area (Å²) < 4.78 is 8.59. The van der Waals surface area contributed by atoms with Crippen molar-refractivity contribution >= 4 is 32.6 Å². The summed E-state index contributed by atoms with van der Waals surface area (Å²) in [7, 11) is -3.13. The van der Waals surface area contributed by atoms with Gasteiger partial charge in [0.1, 0.15) is 20.7 Å². The Morgan fingerprint density at radius 3 is 2.19 bits per heavy atom. The van der Waals surface area contributed by atoms with Gasteiger partial charge in [0.15, 0.2) is 8.32 Å². The van der Waals surface area contributed by atoms with Crippen molar-refractivity contribution in [2.45, 2.75) is 90.8 Å². The molecule has 3 aromatic rings. The molecule has 0 radical (unpaired) electrons. The number of nitrogens with zero attached hydrogens (tertiary/aromatic N) is 3. The van der Waals surface area contributed by atoms with E-state index in [0.717, 1.165) is 19.6 Å². The molecule has 0 aliphatic heterocycles. The topological polar surface area (TPSA) is 55.7 Å². The van der Waals surface area contributed by atoms with Crippen LogP contribution in [0.3, 0.4) is 0 Å². The van der Waals surface area contributed by atoms with E-state index in [-0.39, 0.29) is 0 Å². The minimum absolute atomic E-state index is 0.752. The number of aromatic amines is 1. The third kappa shape index (κ3) is 4.94. The molecule has 0 saturated carbocycles. The van der Waals surface area contributed by atoms with E-state index in [1.54, 1.807) is 18.0 Å². The lowest BCUT2D eigenvalue weighted by atomic mass is 10.1. The Labute approximate surface area is 196 Å². The maximum atomic E-state index is 6.70. The highest BCUT2D eigenvalue weighted by Gasteiger charge is 2.34. The van der Waals surface area contributed by atoms with E-state index in [4.69, 9.17) is 4.43 Å². The lowest BCUT2D eigenvalue weighted by molar-refractivity contribution is 0.304. The lowest BCUT2D eigenvalue weighted by Gasteiger charge is -2.30. The number of hydrogen-bond acceptors (Lipinski definition) is 3. The van der Waals surface area contributed by atoms with Crippen LogP contribution in [-0.2, 0) is 17.4 Å². The largest absolute Gasteiger partial charge is 0.416 e. The molecule has 0 bridgehead atoms. The number of H-pyrrole nitrogens is 1. The Bertz CT molecular complexity index is 959. The summed E-state index contributed by atoms with van der Waals surface area (Å²) in [5.74, 6) is 0. The normalized spacial score (nSPS) is 12.7. The van der Waals surface area contributed by atoms with E-state index >= 15 is 0 Å². The number of fused-ring (bicyclic) bond motifs is 1. The average Bonchev–Trinajstić information content (AvgIpc) is 3.47. The molecular weight excluding hydrogens is 428 g/mol. The molecule has 2 heterocycles. The number of rotatable bonds is 13. The summed E-state index contributed by atoms with van der Waals surface area (Å²) in [5.41, 5.74) is 4.06. The summed E-state index contributed by atoms with van der Waals surface area (Å²) in [4.78, 5) is 8.01. The van der Waals surface area contributed by atoms with Gasteiger partial charge in [-0.2, -0.15) is 5.10 Å². The van der Waals surface area contributed by atoms with Gasteiger partial charge in [-0.1, -0.05) is 65.7 Å². The maximum Gasteiger partial charge on any atom is 0.191 e. The maximum absolute atomic E-state index is 6.70. The van der Waals surface area contributed by atoms with Crippen LogP contribution >= 0.6 is 0 Å². The molecule has 0 unspecified atom stereocenters. The van der Waals surface area contributed by atoms with Crippen molar-refractivity contribution < 1.29 is 4.43 Å². The predicted octanol–water partition coefficient (Wildman–Crippen LogP) is 6.09. The monoisotopic (exact) mass is 470 g/mol. The Balaban J connectivity index is 2.01. The minimum Gasteiger partial charge on any atom is -0.416 e. The van der Waals surface area contributed by atoms with E-state index in [9.17, 15) is 0 Å². The van der Waals surface area contributed by atoms with Crippen LogP contribution in [0.1, 0.15) is 52.7 Å². The molecule has 0 atom stereocenters. The molecule has 0 saturated heterocycles. The van der Waals surface area contributed by atoms with Crippen LogP contribution in [-0.4, -0.2) is 42.7 Å². The molecule has 3 rings (SSSR count). The Kier molecular flexibility index (Phi) is 8.52. The van der Waals surface area contributed by atoms with Gasteiger partial charge in [0.25, 0.3) is 0 Å². The van der Waals surface area contributed by atoms with Gasteiger partial charge in [-0.3, -0.25) is 0 Å². The summed E-state index contributed by atoms with van der Waals surface area (Å²) in [6, 6.07) is 14.3. The average molecular weight is 471 g/mol. The first-order valence-corrected chi connectivity index (χ1v) is 17.8. The molecular formula is C25H42N4OSi2. The molecule has 1 aromatic carbocycles. The van der Waals surface area contributed by atoms with E-state index in [2.05, 4.69) is 74.8 Å². The number of nitrogens with one attached hydrogen (secondary N) is 1. The Morgan fingerprint density at radius 1 is 0.938 bits per heavy atom. The molecule has 0 amide bonds. The van der Waals surface area contributed by atoms with E-state index < -0.39 is 16.4 Å². The zero-order valence-electron chi connectivity index (χ0n) is 21.0. The fourth-order valence-electron chi connectivity index (χ4n) is 5.31. The number of benzene rings is 1. The second kappa shape index (κ2) is 10.9. The molecule has 0 aliphatic rings. The van der Waals surface area contributed by atoms with Crippen LogP contribution < -0.4 is 5.32 Å². The molecule has 32 heavy (non-hydrogen) atoms. The molecule has 5 nitrogen and oxygen atoms in total. The van der Waals surface area contributed by atoms with Gasteiger partial charge in [0.05, 0.1) is 6.54 Å². The van der Waals surface area contributed by atoms with Crippen molar-refractivity contribution in [3.8, 4) is 0 Å². The molecule has 1 N–H and O–H groups in total. The SMILES string of the molecule is CC[Si](CC)(CC)OCCc1c([Si](CC)(CC)CC)[nH]c2ccc(Cn3cncn3)cc12.